The lowest BCUT2D eigenvalue weighted by Crippen LogP contribution is -2.60. The van der Waals surface area contributed by atoms with Gasteiger partial charge in [0.25, 0.3) is 5.91 Å². The Hall–Kier alpha value is -1.18. The van der Waals surface area contributed by atoms with Crippen molar-refractivity contribution in [2.75, 3.05) is 20.3 Å². The van der Waals surface area contributed by atoms with Gasteiger partial charge in [-0.15, -0.1) is 0 Å². The van der Waals surface area contributed by atoms with E-state index in [2.05, 4.69) is 4.84 Å². The SMILES string of the molecule is COCC(ON)C(=O)N1CCC1C(N)=O. The van der Waals surface area contributed by atoms with Crippen LogP contribution in [-0.2, 0) is 19.2 Å². The van der Waals surface area contributed by atoms with Crippen LogP contribution in [-0.4, -0.2) is 49.1 Å². The molecule has 86 valence electrons. The zero-order valence-electron chi connectivity index (χ0n) is 8.51. The summed E-state index contributed by atoms with van der Waals surface area (Å²) in [7, 11) is 1.43. The molecule has 1 fully saturated rings. The van der Waals surface area contributed by atoms with E-state index in [1.54, 1.807) is 0 Å². The number of hydrogen-bond acceptors (Lipinski definition) is 5. The summed E-state index contributed by atoms with van der Waals surface area (Å²) in [5.74, 6) is 4.08. The predicted octanol–water partition coefficient (Wildman–Crippen LogP) is -2.02. The summed E-state index contributed by atoms with van der Waals surface area (Å²) in [6, 6.07) is -0.535. The van der Waals surface area contributed by atoms with Crippen LogP contribution in [0.5, 0.6) is 0 Å². The Morgan fingerprint density at radius 1 is 1.60 bits per heavy atom. The molecule has 1 heterocycles. The highest BCUT2D eigenvalue weighted by Gasteiger charge is 2.39. The number of ether oxygens (including phenoxy) is 1. The van der Waals surface area contributed by atoms with Gasteiger partial charge in [0.05, 0.1) is 6.61 Å². The Morgan fingerprint density at radius 2 is 2.27 bits per heavy atom. The topological polar surface area (TPSA) is 108 Å². The Kier molecular flexibility index (Phi) is 4.01. The van der Waals surface area contributed by atoms with E-state index >= 15 is 0 Å². The van der Waals surface area contributed by atoms with Crippen molar-refractivity contribution in [2.24, 2.45) is 11.6 Å². The minimum Gasteiger partial charge on any atom is -0.381 e. The average Bonchev–Trinajstić information content (AvgIpc) is 2.11. The van der Waals surface area contributed by atoms with Crippen LogP contribution in [0.3, 0.4) is 0 Å². The molecule has 4 N–H and O–H groups in total. The minimum atomic E-state index is -0.878. The fourth-order valence-electron chi connectivity index (χ4n) is 1.45. The number of nitrogens with zero attached hydrogens (tertiary/aromatic N) is 1. The number of primary amides is 1. The number of methoxy groups -OCH3 is 1. The summed E-state index contributed by atoms with van der Waals surface area (Å²) in [5, 5.41) is 0. The molecule has 1 rings (SSSR count). The third-order valence-electron chi connectivity index (χ3n) is 2.39. The van der Waals surface area contributed by atoms with Gasteiger partial charge in [0, 0.05) is 13.7 Å². The van der Waals surface area contributed by atoms with Crippen molar-refractivity contribution in [1.82, 2.24) is 4.90 Å². The van der Waals surface area contributed by atoms with E-state index in [0.29, 0.717) is 13.0 Å². The fourth-order valence-corrected chi connectivity index (χ4v) is 1.45. The van der Waals surface area contributed by atoms with Gasteiger partial charge in [-0.1, -0.05) is 0 Å². The molecular weight excluding hydrogens is 202 g/mol. The van der Waals surface area contributed by atoms with Gasteiger partial charge in [0.15, 0.2) is 6.10 Å². The van der Waals surface area contributed by atoms with Gasteiger partial charge in [-0.3, -0.25) is 14.4 Å². The van der Waals surface area contributed by atoms with Crippen LogP contribution in [0.15, 0.2) is 0 Å². The Bertz CT molecular complexity index is 258. The van der Waals surface area contributed by atoms with Crippen molar-refractivity contribution in [2.45, 2.75) is 18.6 Å². The molecular formula is C8H15N3O4. The number of carbonyl (C=O) groups is 2. The van der Waals surface area contributed by atoms with Crippen LogP contribution in [0, 0.1) is 0 Å². The number of nitrogens with two attached hydrogens (primary N) is 2. The highest BCUT2D eigenvalue weighted by atomic mass is 16.6. The Balaban J connectivity index is 2.55. The smallest absolute Gasteiger partial charge is 0.256 e. The monoisotopic (exact) mass is 217 g/mol. The molecule has 2 amide bonds. The molecule has 15 heavy (non-hydrogen) atoms. The summed E-state index contributed by atoms with van der Waals surface area (Å²) < 4.78 is 4.76. The molecule has 0 spiro atoms. The molecule has 0 radical (unpaired) electrons. The van der Waals surface area contributed by atoms with Crippen LogP contribution >= 0.6 is 0 Å². The van der Waals surface area contributed by atoms with E-state index in [9.17, 15) is 9.59 Å². The molecule has 2 unspecified atom stereocenters. The molecule has 7 nitrogen and oxygen atoms in total. The second-order valence-electron chi connectivity index (χ2n) is 3.32. The van der Waals surface area contributed by atoms with E-state index in [4.69, 9.17) is 16.4 Å². The van der Waals surface area contributed by atoms with Crippen molar-refractivity contribution in [3.63, 3.8) is 0 Å². The lowest BCUT2D eigenvalue weighted by atomic mass is 10.0. The maximum Gasteiger partial charge on any atom is 0.256 e. The van der Waals surface area contributed by atoms with Gasteiger partial charge in [0.2, 0.25) is 5.91 Å². The van der Waals surface area contributed by atoms with Crippen LogP contribution in [0.4, 0.5) is 0 Å². The summed E-state index contributed by atoms with van der Waals surface area (Å²) in [6.07, 6.45) is -0.289. The van der Waals surface area contributed by atoms with Crippen LogP contribution < -0.4 is 11.6 Å². The van der Waals surface area contributed by atoms with Gasteiger partial charge in [-0.2, -0.15) is 0 Å². The second kappa shape index (κ2) is 5.06. The number of amides is 2. The third-order valence-corrected chi connectivity index (χ3v) is 2.39. The van der Waals surface area contributed by atoms with Gasteiger partial charge in [0.1, 0.15) is 6.04 Å². The van der Waals surface area contributed by atoms with Crippen LogP contribution in [0.2, 0.25) is 0 Å². The second-order valence-corrected chi connectivity index (χ2v) is 3.32. The highest BCUT2D eigenvalue weighted by molar-refractivity contribution is 5.90. The van der Waals surface area contributed by atoms with E-state index < -0.39 is 18.1 Å². The van der Waals surface area contributed by atoms with Crippen molar-refractivity contribution in [3.8, 4) is 0 Å². The lowest BCUT2D eigenvalue weighted by Gasteiger charge is -2.40. The van der Waals surface area contributed by atoms with Crippen molar-refractivity contribution in [1.29, 1.82) is 0 Å². The number of rotatable bonds is 5. The third kappa shape index (κ3) is 2.44. The van der Waals surface area contributed by atoms with Gasteiger partial charge in [-0.05, 0) is 6.42 Å². The molecule has 1 aliphatic rings. The molecule has 0 aliphatic carbocycles. The van der Waals surface area contributed by atoms with Gasteiger partial charge >= 0.3 is 0 Å². The first-order valence-corrected chi connectivity index (χ1v) is 4.56. The molecule has 0 aromatic carbocycles. The maximum absolute atomic E-state index is 11.7. The van der Waals surface area contributed by atoms with E-state index in [-0.39, 0.29) is 12.5 Å². The van der Waals surface area contributed by atoms with Gasteiger partial charge in [-0.25, -0.2) is 5.90 Å². The Morgan fingerprint density at radius 3 is 2.60 bits per heavy atom. The van der Waals surface area contributed by atoms with E-state index in [1.807, 2.05) is 0 Å². The van der Waals surface area contributed by atoms with Crippen molar-refractivity contribution < 1.29 is 19.2 Å². The largest absolute Gasteiger partial charge is 0.381 e. The lowest BCUT2D eigenvalue weighted by molar-refractivity contribution is -0.159. The first-order chi connectivity index (χ1) is 7.11. The highest BCUT2D eigenvalue weighted by Crippen LogP contribution is 2.18. The van der Waals surface area contributed by atoms with E-state index in [0.717, 1.165) is 0 Å². The zero-order valence-corrected chi connectivity index (χ0v) is 8.51. The van der Waals surface area contributed by atoms with Crippen molar-refractivity contribution >= 4 is 11.8 Å². The Labute approximate surface area is 87.2 Å². The van der Waals surface area contributed by atoms with Crippen LogP contribution in [0.1, 0.15) is 6.42 Å². The standard InChI is InChI=1S/C8H15N3O4/c1-14-4-6(15-10)8(13)11-3-2-5(11)7(9)12/h5-6H,2-4,10H2,1H3,(H2,9,12). The predicted molar refractivity (Wildman–Crippen MR) is 50.2 cm³/mol. The molecule has 7 heteroatoms. The number of hydrogen-bond donors (Lipinski definition) is 2. The fraction of sp³-hybridized carbons (Fsp3) is 0.750. The van der Waals surface area contributed by atoms with Crippen LogP contribution in [0.25, 0.3) is 0 Å². The number of likely N-dealkylation sites (tertiary alicyclic amines) is 1. The molecule has 2 atom stereocenters. The maximum atomic E-state index is 11.7. The normalized spacial score (nSPS) is 22.0. The van der Waals surface area contributed by atoms with Gasteiger partial charge < -0.3 is 15.4 Å². The first kappa shape index (κ1) is 11.9. The molecule has 1 saturated heterocycles. The summed E-state index contributed by atoms with van der Waals surface area (Å²) >= 11 is 0. The molecule has 1 aliphatic heterocycles. The first-order valence-electron chi connectivity index (χ1n) is 4.56. The zero-order chi connectivity index (χ0) is 11.4. The summed E-state index contributed by atoms with van der Waals surface area (Å²) in [6.45, 7) is 0.549. The number of carbonyl (C=O) groups excluding carboxylic acids is 2. The van der Waals surface area contributed by atoms with Crippen molar-refractivity contribution in [3.05, 3.63) is 0 Å². The quantitative estimate of drug-likeness (QED) is 0.517. The average molecular weight is 217 g/mol. The summed E-state index contributed by atoms with van der Waals surface area (Å²) in [4.78, 5) is 28.4. The molecule has 0 saturated carbocycles. The molecule has 0 aromatic rings. The summed E-state index contributed by atoms with van der Waals surface area (Å²) in [5.41, 5.74) is 5.11. The minimum absolute atomic E-state index is 0.0529. The molecule has 0 bridgehead atoms. The van der Waals surface area contributed by atoms with E-state index in [1.165, 1.54) is 12.0 Å². The molecule has 0 aromatic heterocycles.